The van der Waals surface area contributed by atoms with Gasteiger partial charge in [-0.05, 0) is 57.2 Å². The minimum atomic E-state index is -0.694. The molecule has 0 saturated carbocycles. The van der Waals surface area contributed by atoms with E-state index in [1.165, 1.54) is 12.1 Å². The highest BCUT2D eigenvalue weighted by Gasteiger charge is 2.38. The average Bonchev–Trinajstić information content (AvgIpc) is 3.34. The molecule has 36 heavy (non-hydrogen) atoms. The Balaban J connectivity index is 1.34. The largest absolute Gasteiger partial charge is 0.482 e. The van der Waals surface area contributed by atoms with E-state index in [2.05, 4.69) is 20.1 Å². The third kappa shape index (κ3) is 4.58. The number of halogens is 1. The summed E-state index contributed by atoms with van der Waals surface area (Å²) in [6.07, 6.45) is 3.66. The molecule has 0 radical (unpaired) electrons. The van der Waals surface area contributed by atoms with Gasteiger partial charge in [-0.25, -0.2) is 9.37 Å². The highest BCUT2D eigenvalue weighted by molar-refractivity contribution is 6.32. The maximum absolute atomic E-state index is 13.9. The lowest BCUT2D eigenvalue weighted by atomic mass is 9.93. The third-order valence-corrected chi connectivity index (χ3v) is 6.67. The number of esters is 1. The monoisotopic (exact) mass is 492 g/mol. The first-order chi connectivity index (χ1) is 17.2. The molecule has 0 bridgehead atoms. The summed E-state index contributed by atoms with van der Waals surface area (Å²) < 4.78 is 25.1. The van der Waals surface area contributed by atoms with Crippen LogP contribution in [0, 0.1) is 5.82 Å². The van der Waals surface area contributed by atoms with Crippen molar-refractivity contribution in [2.45, 2.75) is 26.4 Å². The quantitative estimate of drug-likeness (QED) is 0.506. The fraction of sp³-hybridized carbons (Fsp3) is 0.370. The van der Waals surface area contributed by atoms with E-state index < -0.39 is 11.4 Å². The number of aromatic nitrogens is 1. The molecule has 0 aliphatic carbocycles. The molecule has 9 heteroatoms. The highest BCUT2D eigenvalue weighted by Crippen LogP contribution is 2.44. The van der Waals surface area contributed by atoms with Gasteiger partial charge in [0, 0.05) is 54.8 Å². The molecule has 3 aliphatic heterocycles. The molecule has 1 fully saturated rings. The van der Waals surface area contributed by atoms with Crippen molar-refractivity contribution < 1.29 is 23.5 Å². The van der Waals surface area contributed by atoms with Crippen LogP contribution in [0.4, 0.5) is 15.9 Å². The van der Waals surface area contributed by atoms with Crippen molar-refractivity contribution in [2.75, 3.05) is 49.5 Å². The fourth-order valence-corrected chi connectivity index (χ4v) is 4.86. The zero-order valence-corrected chi connectivity index (χ0v) is 20.6. The van der Waals surface area contributed by atoms with Gasteiger partial charge in [-0.1, -0.05) is 0 Å². The third-order valence-electron chi connectivity index (χ3n) is 6.67. The Hall–Kier alpha value is -3.72. The number of nitrogens with one attached hydrogen (secondary N) is 1. The molecule has 0 unspecified atom stereocenters. The Bertz CT molecular complexity index is 1260. The molecule has 3 aliphatic rings. The molecule has 5 rings (SSSR count). The minimum Gasteiger partial charge on any atom is -0.482 e. The molecule has 1 aromatic heterocycles. The number of hydrogen-bond acceptors (Lipinski definition) is 7. The summed E-state index contributed by atoms with van der Waals surface area (Å²) in [7, 11) is 0. The van der Waals surface area contributed by atoms with Gasteiger partial charge < -0.3 is 19.7 Å². The Labute approximate surface area is 209 Å². The van der Waals surface area contributed by atoms with E-state index in [1.807, 2.05) is 45.2 Å². The molecule has 1 N–H and O–H groups in total. The Morgan fingerprint density at radius 3 is 2.67 bits per heavy atom. The molecular weight excluding hydrogens is 463 g/mol. The number of rotatable bonds is 5. The number of anilines is 2. The number of fused-ring (bicyclic) bond motifs is 1. The first kappa shape index (κ1) is 24.0. The second-order valence-electron chi connectivity index (χ2n) is 9.53. The summed E-state index contributed by atoms with van der Waals surface area (Å²) in [4.78, 5) is 33.4. The molecule has 8 nitrogen and oxygen atoms in total. The predicted molar refractivity (Wildman–Crippen MR) is 135 cm³/mol. The Morgan fingerprint density at radius 2 is 1.97 bits per heavy atom. The van der Waals surface area contributed by atoms with Gasteiger partial charge in [0.25, 0.3) is 5.91 Å². The summed E-state index contributed by atoms with van der Waals surface area (Å²) in [6, 6.07) is 8.20. The summed E-state index contributed by atoms with van der Waals surface area (Å²) in [6.45, 7) is 9.43. The second-order valence-corrected chi connectivity index (χ2v) is 9.53. The number of ether oxygens (including phenoxy) is 2. The van der Waals surface area contributed by atoms with Gasteiger partial charge in [-0.3, -0.25) is 14.5 Å². The van der Waals surface area contributed by atoms with Crippen LogP contribution in [0.5, 0.6) is 0 Å². The zero-order valence-electron chi connectivity index (χ0n) is 20.6. The number of carbonyl (C=O) groups excluding carboxylic acids is 2. The lowest BCUT2D eigenvalue weighted by Crippen LogP contribution is -2.48. The molecule has 1 amide bonds. The topological polar surface area (TPSA) is 84.0 Å². The van der Waals surface area contributed by atoms with Crippen LogP contribution in [0.25, 0.3) is 11.1 Å². The van der Waals surface area contributed by atoms with Crippen molar-refractivity contribution in [1.29, 1.82) is 0 Å². The van der Waals surface area contributed by atoms with E-state index in [0.717, 1.165) is 43.1 Å². The summed E-state index contributed by atoms with van der Waals surface area (Å²) in [5.41, 5.74) is 2.48. The minimum absolute atomic E-state index is 0.193. The number of pyridine rings is 1. The number of hydrogen-bond donors (Lipinski definition) is 1. The van der Waals surface area contributed by atoms with E-state index in [4.69, 9.17) is 9.47 Å². The molecule has 1 saturated heterocycles. The molecule has 1 aromatic carbocycles. The predicted octanol–water partition coefficient (Wildman–Crippen LogP) is 3.46. The van der Waals surface area contributed by atoms with Gasteiger partial charge in [-0.2, -0.15) is 0 Å². The van der Waals surface area contributed by atoms with Crippen LogP contribution >= 0.6 is 0 Å². The van der Waals surface area contributed by atoms with Crippen LogP contribution in [0.3, 0.4) is 0 Å². The summed E-state index contributed by atoms with van der Waals surface area (Å²) in [5, 5.41) is 2.78. The first-order valence-electron chi connectivity index (χ1n) is 12.1. The summed E-state index contributed by atoms with van der Waals surface area (Å²) >= 11 is 0. The number of allylic oxidation sites excluding steroid dienone is 1. The van der Waals surface area contributed by atoms with Crippen LogP contribution < -0.4 is 10.2 Å². The zero-order chi connectivity index (χ0) is 25.4. The highest BCUT2D eigenvalue weighted by atomic mass is 19.1. The number of carbonyl (C=O) groups is 2. The van der Waals surface area contributed by atoms with Crippen molar-refractivity contribution in [3.63, 3.8) is 0 Å². The standard InChI is InChI=1S/C27H29FN4O4/c1-4-35-24(33)16-31-9-11-32(12-10-31)23-8-5-17(15-29-23)20-14-22(36-27(20,2)3)25-19-13-18(28)6-7-21(19)30-26(25)34/h5-8,13-15H,4,9-12,16H2,1-3H3,(H,30,34)/b25-22+. The number of nitrogens with zero attached hydrogens (tertiary/aromatic N) is 3. The number of amides is 1. The molecular formula is C27H29FN4O4. The van der Waals surface area contributed by atoms with Crippen LogP contribution in [0.2, 0.25) is 0 Å². The van der Waals surface area contributed by atoms with Crippen LogP contribution in [0.15, 0.2) is 48.4 Å². The van der Waals surface area contributed by atoms with E-state index in [9.17, 15) is 14.0 Å². The lowest BCUT2D eigenvalue weighted by Gasteiger charge is -2.34. The van der Waals surface area contributed by atoms with Crippen LogP contribution in [-0.4, -0.2) is 66.7 Å². The van der Waals surface area contributed by atoms with Crippen molar-refractivity contribution in [1.82, 2.24) is 9.88 Å². The van der Waals surface area contributed by atoms with Gasteiger partial charge >= 0.3 is 5.97 Å². The summed E-state index contributed by atoms with van der Waals surface area (Å²) in [5.74, 6) is 0.366. The lowest BCUT2D eigenvalue weighted by molar-refractivity contribution is -0.144. The first-order valence-corrected chi connectivity index (χ1v) is 12.1. The molecule has 2 aromatic rings. The maximum Gasteiger partial charge on any atom is 0.320 e. The maximum atomic E-state index is 13.9. The van der Waals surface area contributed by atoms with Gasteiger partial charge in [-0.15, -0.1) is 0 Å². The Morgan fingerprint density at radius 1 is 1.19 bits per heavy atom. The molecule has 0 spiro atoms. The van der Waals surface area contributed by atoms with Crippen molar-refractivity contribution in [2.24, 2.45) is 0 Å². The van der Waals surface area contributed by atoms with Crippen molar-refractivity contribution >= 4 is 34.5 Å². The number of piperazine rings is 1. The molecule has 188 valence electrons. The van der Waals surface area contributed by atoms with Gasteiger partial charge in [0.15, 0.2) is 0 Å². The van der Waals surface area contributed by atoms with E-state index in [0.29, 0.717) is 35.7 Å². The van der Waals surface area contributed by atoms with Crippen LogP contribution in [-0.2, 0) is 19.1 Å². The normalized spacial score (nSPS) is 21.1. The second kappa shape index (κ2) is 9.39. The fourth-order valence-electron chi connectivity index (χ4n) is 4.86. The van der Waals surface area contributed by atoms with E-state index in [-0.39, 0.29) is 11.9 Å². The van der Waals surface area contributed by atoms with E-state index in [1.54, 1.807) is 6.07 Å². The van der Waals surface area contributed by atoms with Gasteiger partial charge in [0.1, 0.15) is 23.0 Å². The average molecular weight is 493 g/mol. The SMILES string of the molecule is CCOC(=O)CN1CCN(c2ccc(C3=C/C(=C4\C(=O)Nc5ccc(F)cc54)OC3(C)C)cn2)CC1. The molecule has 0 atom stereocenters. The van der Waals surface area contributed by atoms with Gasteiger partial charge in [0.05, 0.1) is 18.7 Å². The van der Waals surface area contributed by atoms with Crippen molar-refractivity contribution in [3.8, 4) is 0 Å². The van der Waals surface area contributed by atoms with E-state index >= 15 is 0 Å². The Kier molecular flexibility index (Phi) is 6.26. The van der Waals surface area contributed by atoms with Gasteiger partial charge in [0.2, 0.25) is 0 Å². The van der Waals surface area contributed by atoms with Crippen LogP contribution in [0.1, 0.15) is 31.9 Å². The molecule has 4 heterocycles. The van der Waals surface area contributed by atoms with Crippen molar-refractivity contribution in [3.05, 3.63) is 65.3 Å². The smallest absolute Gasteiger partial charge is 0.320 e. The number of benzene rings is 1.